The van der Waals surface area contributed by atoms with E-state index in [1.807, 2.05) is 32.2 Å². The van der Waals surface area contributed by atoms with Crippen LogP contribution < -0.4 is 10.7 Å². The maximum absolute atomic E-state index is 12.8. The highest BCUT2D eigenvalue weighted by atomic mass is 16.2. The van der Waals surface area contributed by atoms with Gasteiger partial charge in [-0.25, -0.2) is 0 Å². The summed E-state index contributed by atoms with van der Waals surface area (Å²) < 4.78 is 1.76. The molecule has 1 N–H and O–H groups in total. The summed E-state index contributed by atoms with van der Waals surface area (Å²) in [6.07, 6.45) is 4.94. The molecule has 0 spiro atoms. The molecule has 1 atom stereocenters. The first-order valence-electron chi connectivity index (χ1n) is 9.81. The molecule has 3 rings (SSSR count). The highest BCUT2D eigenvalue weighted by Crippen LogP contribution is 2.23. The Morgan fingerprint density at radius 2 is 1.74 bits per heavy atom. The SMILES string of the molecule is Cc1cc(=O)cc(C(=O)NC[C@H](c2ccccc2)N2CCCCCC2)n1C. The van der Waals surface area contributed by atoms with E-state index >= 15 is 0 Å². The van der Waals surface area contributed by atoms with E-state index in [1.165, 1.54) is 37.3 Å². The fraction of sp³-hybridized carbons (Fsp3) is 0.455. The molecule has 0 saturated carbocycles. The summed E-state index contributed by atoms with van der Waals surface area (Å²) in [7, 11) is 1.81. The molecule has 1 fully saturated rings. The van der Waals surface area contributed by atoms with E-state index in [2.05, 4.69) is 22.3 Å². The van der Waals surface area contributed by atoms with Crippen molar-refractivity contribution < 1.29 is 4.79 Å². The first-order valence-corrected chi connectivity index (χ1v) is 9.81. The number of carbonyl (C=O) groups is 1. The summed E-state index contributed by atoms with van der Waals surface area (Å²) in [5.74, 6) is -0.200. The average Bonchev–Trinajstić information content (AvgIpc) is 2.95. The summed E-state index contributed by atoms with van der Waals surface area (Å²) in [5, 5.41) is 3.07. The molecular weight excluding hydrogens is 338 g/mol. The van der Waals surface area contributed by atoms with Gasteiger partial charge in [-0.2, -0.15) is 0 Å². The molecule has 0 radical (unpaired) electrons. The van der Waals surface area contributed by atoms with Crippen LogP contribution in [0.2, 0.25) is 0 Å². The fourth-order valence-corrected chi connectivity index (χ4v) is 3.80. The van der Waals surface area contributed by atoms with Crippen LogP contribution >= 0.6 is 0 Å². The maximum Gasteiger partial charge on any atom is 0.268 e. The molecule has 5 heteroatoms. The summed E-state index contributed by atoms with van der Waals surface area (Å²) in [5.41, 5.74) is 2.27. The first kappa shape index (κ1) is 19.4. The van der Waals surface area contributed by atoms with E-state index in [9.17, 15) is 9.59 Å². The monoisotopic (exact) mass is 367 g/mol. The number of nitrogens with zero attached hydrogens (tertiary/aromatic N) is 2. The number of benzene rings is 1. The van der Waals surface area contributed by atoms with E-state index in [0.717, 1.165) is 18.8 Å². The third-order valence-corrected chi connectivity index (χ3v) is 5.47. The van der Waals surface area contributed by atoms with Gasteiger partial charge >= 0.3 is 0 Å². The molecule has 1 aromatic heterocycles. The molecule has 2 heterocycles. The van der Waals surface area contributed by atoms with Crippen LogP contribution in [0.15, 0.2) is 47.3 Å². The van der Waals surface area contributed by atoms with Crippen molar-refractivity contribution in [3.63, 3.8) is 0 Å². The molecule has 5 nitrogen and oxygen atoms in total. The van der Waals surface area contributed by atoms with E-state index in [1.54, 1.807) is 10.6 Å². The molecular formula is C22H29N3O2. The number of likely N-dealkylation sites (tertiary alicyclic amines) is 1. The Morgan fingerprint density at radius 3 is 2.41 bits per heavy atom. The summed E-state index contributed by atoms with van der Waals surface area (Å²) in [6, 6.07) is 13.5. The molecule has 1 saturated heterocycles. The zero-order valence-corrected chi connectivity index (χ0v) is 16.3. The van der Waals surface area contributed by atoms with E-state index in [-0.39, 0.29) is 17.4 Å². The minimum absolute atomic E-state index is 0.136. The van der Waals surface area contributed by atoms with E-state index in [0.29, 0.717) is 12.2 Å². The number of rotatable bonds is 5. The van der Waals surface area contributed by atoms with Gasteiger partial charge < -0.3 is 9.88 Å². The minimum Gasteiger partial charge on any atom is -0.349 e. The van der Waals surface area contributed by atoms with E-state index < -0.39 is 0 Å². The first-order chi connectivity index (χ1) is 13.1. The molecule has 0 aliphatic carbocycles. The van der Waals surface area contributed by atoms with Crippen LogP contribution in [0.25, 0.3) is 0 Å². The second-order valence-corrected chi connectivity index (χ2v) is 7.36. The standard InChI is InChI=1S/C22H29N3O2/c1-17-14-19(26)15-20(24(17)2)22(27)23-16-21(18-10-6-5-7-11-18)25-12-8-3-4-9-13-25/h5-7,10-11,14-15,21H,3-4,8-9,12-13,16H2,1-2H3,(H,23,27)/t21-/m1/s1. The zero-order chi connectivity index (χ0) is 19.2. The number of hydrogen-bond acceptors (Lipinski definition) is 3. The van der Waals surface area contributed by atoms with E-state index in [4.69, 9.17) is 0 Å². The minimum atomic E-state index is -0.200. The Labute approximate surface area is 161 Å². The Kier molecular flexibility index (Phi) is 6.45. The highest BCUT2D eigenvalue weighted by molar-refractivity contribution is 5.92. The average molecular weight is 367 g/mol. The number of hydrogen-bond donors (Lipinski definition) is 1. The number of aromatic nitrogens is 1. The van der Waals surface area contributed by atoms with Gasteiger partial charge in [0.1, 0.15) is 5.69 Å². The van der Waals surface area contributed by atoms with Crippen molar-refractivity contribution in [2.24, 2.45) is 7.05 Å². The summed E-state index contributed by atoms with van der Waals surface area (Å²) >= 11 is 0. The lowest BCUT2D eigenvalue weighted by Crippen LogP contribution is -2.39. The number of pyridine rings is 1. The predicted octanol–water partition coefficient (Wildman–Crippen LogP) is 3.04. The van der Waals surface area contributed by atoms with Gasteiger partial charge in [-0.3, -0.25) is 14.5 Å². The number of nitrogens with one attached hydrogen (secondary N) is 1. The van der Waals surface area contributed by atoms with Crippen molar-refractivity contribution in [2.75, 3.05) is 19.6 Å². The highest BCUT2D eigenvalue weighted by Gasteiger charge is 2.22. The molecule has 0 bridgehead atoms. The topological polar surface area (TPSA) is 54.3 Å². The maximum atomic E-state index is 12.8. The van der Waals surface area contributed by atoms with Crippen LogP contribution in [-0.2, 0) is 7.05 Å². The number of carbonyl (C=O) groups excluding carboxylic acids is 1. The van der Waals surface area contributed by atoms with Crippen LogP contribution in [-0.4, -0.2) is 35.0 Å². The van der Waals surface area contributed by atoms with Crippen molar-refractivity contribution in [3.05, 3.63) is 69.6 Å². The molecule has 1 aliphatic heterocycles. The Bertz CT molecular complexity index is 821. The molecule has 0 unspecified atom stereocenters. The number of amides is 1. The summed E-state index contributed by atoms with van der Waals surface area (Å²) in [6.45, 7) is 4.48. The van der Waals surface area contributed by atoms with Crippen molar-refractivity contribution >= 4 is 5.91 Å². The molecule has 27 heavy (non-hydrogen) atoms. The van der Waals surface area contributed by atoms with Gasteiger partial charge in [-0.1, -0.05) is 43.2 Å². The Morgan fingerprint density at radius 1 is 1.07 bits per heavy atom. The van der Waals surface area contributed by atoms with Crippen LogP contribution in [0.4, 0.5) is 0 Å². The number of aryl methyl sites for hydroxylation is 1. The van der Waals surface area contributed by atoms with Crippen molar-refractivity contribution in [3.8, 4) is 0 Å². The zero-order valence-electron chi connectivity index (χ0n) is 16.3. The van der Waals surface area contributed by atoms with Gasteiger partial charge in [0, 0.05) is 31.4 Å². The van der Waals surface area contributed by atoms with Gasteiger partial charge in [-0.05, 0) is 38.4 Å². The van der Waals surface area contributed by atoms with Crippen LogP contribution in [0.3, 0.4) is 0 Å². The normalized spacial score (nSPS) is 16.5. The lowest BCUT2D eigenvalue weighted by Gasteiger charge is -2.31. The smallest absolute Gasteiger partial charge is 0.268 e. The van der Waals surface area contributed by atoms with Crippen LogP contribution in [0.1, 0.15) is 53.5 Å². The van der Waals surface area contributed by atoms with Crippen LogP contribution in [0, 0.1) is 6.92 Å². The lowest BCUT2D eigenvalue weighted by atomic mass is 10.0. The van der Waals surface area contributed by atoms with Crippen molar-refractivity contribution in [1.82, 2.24) is 14.8 Å². The molecule has 1 amide bonds. The van der Waals surface area contributed by atoms with Gasteiger partial charge in [-0.15, -0.1) is 0 Å². The third-order valence-electron chi connectivity index (χ3n) is 5.47. The van der Waals surface area contributed by atoms with Gasteiger partial charge in [0.2, 0.25) is 0 Å². The second-order valence-electron chi connectivity index (χ2n) is 7.36. The van der Waals surface area contributed by atoms with Crippen molar-refractivity contribution in [1.29, 1.82) is 0 Å². The molecule has 2 aromatic rings. The van der Waals surface area contributed by atoms with Gasteiger partial charge in [0.05, 0.1) is 6.04 Å². The molecule has 1 aliphatic rings. The van der Waals surface area contributed by atoms with Crippen molar-refractivity contribution in [2.45, 2.75) is 38.6 Å². The predicted molar refractivity (Wildman–Crippen MR) is 108 cm³/mol. The third kappa shape index (κ3) is 4.86. The molecule has 1 aromatic carbocycles. The lowest BCUT2D eigenvalue weighted by molar-refractivity contribution is 0.0924. The van der Waals surface area contributed by atoms with Gasteiger partial charge in [0.15, 0.2) is 5.43 Å². The Hall–Kier alpha value is -2.40. The second kappa shape index (κ2) is 9.00. The fourth-order valence-electron chi connectivity index (χ4n) is 3.80. The van der Waals surface area contributed by atoms with Crippen LogP contribution in [0.5, 0.6) is 0 Å². The Balaban J connectivity index is 1.78. The van der Waals surface area contributed by atoms with Gasteiger partial charge in [0.25, 0.3) is 5.91 Å². The summed E-state index contributed by atoms with van der Waals surface area (Å²) in [4.78, 5) is 27.1. The largest absolute Gasteiger partial charge is 0.349 e. The molecule has 144 valence electrons. The quantitative estimate of drug-likeness (QED) is 0.884.